The molecule has 0 fully saturated rings. The average Bonchev–Trinajstić information content (AvgIpc) is 2.38. The van der Waals surface area contributed by atoms with E-state index in [0.29, 0.717) is 0 Å². The van der Waals surface area contributed by atoms with Crippen LogP contribution in [0.25, 0.3) is 0 Å². The molecule has 1 rings (SSSR count). The number of thiazole rings is 1. The van der Waals surface area contributed by atoms with Gasteiger partial charge in [-0.25, -0.2) is 0 Å². The summed E-state index contributed by atoms with van der Waals surface area (Å²) >= 11 is 1.74. The number of aromatic nitrogens is 1. The predicted molar refractivity (Wildman–Crippen MR) is 50.3 cm³/mol. The highest BCUT2D eigenvalue weighted by molar-refractivity contribution is 7.09. The summed E-state index contributed by atoms with van der Waals surface area (Å²) in [6, 6.07) is 0. The molecule has 0 aromatic carbocycles. The minimum absolute atomic E-state index is 0. The fraction of sp³-hybridized carbons (Fsp3) is 0.667. The van der Waals surface area contributed by atoms with Gasteiger partial charge in [-0.3, -0.25) is 0 Å². The van der Waals surface area contributed by atoms with Crippen LogP contribution >= 0.6 is 11.3 Å². The van der Waals surface area contributed by atoms with Crippen LogP contribution in [0.1, 0.15) is 23.9 Å². The highest BCUT2D eigenvalue weighted by Crippen LogP contribution is 2.10. The van der Waals surface area contributed by atoms with Crippen molar-refractivity contribution in [3.63, 3.8) is 0 Å². The van der Waals surface area contributed by atoms with Gasteiger partial charge in [-0.1, -0.05) is 18.3 Å². The lowest BCUT2D eigenvalue weighted by atomic mass is 10.3. The quantitative estimate of drug-likeness (QED) is 0.645. The number of hydrogen-bond acceptors (Lipinski definition) is 2. The van der Waals surface area contributed by atoms with Gasteiger partial charge in [-0.2, -0.15) is 4.57 Å². The summed E-state index contributed by atoms with van der Waals surface area (Å²) in [5.74, 6) is 0. The minimum atomic E-state index is 0. The lowest BCUT2D eigenvalue weighted by molar-refractivity contribution is -0.698. The van der Waals surface area contributed by atoms with E-state index in [4.69, 9.17) is 5.11 Å². The Morgan fingerprint density at radius 3 is 2.77 bits per heavy atom. The van der Waals surface area contributed by atoms with E-state index in [2.05, 4.69) is 23.9 Å². The maximum Gasteiger partial charge on any atom is 0.225 e. The van der Waals surface area contributed by atoms with E-state index in [1.165, 1.54) is 17.0 Å². The molecule has 0 spiro atoms. The molecule has 0 aliphatic rings. The van der Waals surface area contributed by atoms with E-state index in [1.807, 2.05) is 0 Å². The summed E-state index contributed by atoms with van der Waals surface area (Å²) in [6.45, 7) is 5.65. The zero-order chi connectivity index (χ0) is 8.97. The van der Waals surface area contributed by atoms with Gasteiger partial charge < -0.3 is 22.1 Å². The van der Waals surface area contributed by atoms with Crippen LogP contribution in [-0.2, 0) is 13.0 Å². The molecule has 0 aliphatic heterocycles. The molecule has 1 aromatic rings. The standard InChI is InChI=1S/C9H16NOS.BrH/c1-3-5-10-7-12-9(4-6-11)8(10)2;/h7,11H,3-6H2,1-2H3;1H/q+1;/p-1. The second-order valence-electron chi connectivity index (χ2n) is 2.90. The average molecular weight is 266 g/mol. The molecule has 76 valence electrons. The SMILES string of the molecule is CCC[n+]1csc(CCO)c1C.[Br-]. The van der Waals surface area contributed by atoms with Gasteiger partial charge in [0.15, 0.2) is 5.69 Å². The minimum Gasteiger partial charge on any atom is -1.00 e. The molecule has 0 saturated heterocycles. The monoisotopic (exact) mass is 265 g/mol. The third-order valence-electron chi connectivity index (χ3n) is 1.96. The van der Waals surface area contributed by atoms with Gasteiger partial charge in [0.1, 0.15) is 6.54 Å². The summed E-state index contributed by atoms with van der Waals surface area (Å²) in [5, 5.41) is 8.78. The van der Waals surface area contributed by atoms with Crippen molar-refractivity contribution in [2.24, 2.45) is 0 Å². The molecular weight excluding hydrogens is 250 g/mol. The van der Waals surface area contributed by atoms with Crippen molar-refractivity contribution in [3.8, 4) is 0 Å². The van der Waals surface area contributed by atoms with Gasteiger partial charge in [0, 0.05) is 26.4 Å². The van der Waals surface area contributed by atoms with Crippen molar-refractivity contribution in [1.29, 1.82) is 0 Å². The Morgan fingerprint density at radius 1 is 1.54 bits per heavy atom. The van der Waals surface area contributed by atoms with Gasteiger partial charge in [0.05, 0.1) is 4.88 Å². The molecule has 0 aliphatic carbocycles. The summed E-state index contributed by atoms with van der Waals surface area (Å²) < 4.78 is 2.26. The molecule has 0 unspecified atom stereocenters. The molecular formula is C9H16BrNOS. The number of hydrogen-bond donors (Lipinski definition) is 1. The molecule has 1 heterocycles. The lowest BCUT2D eigenvalue weighted by Crippen LogP contribution is -3.00. The first-order valence-corrected chi connectivity index (χ1v) is 5.24. The van der Waals surface area contributed by atoms with Gasteiger partial charge >= 0.3 is 0 Å². The second-order valence-corrected chi connectivity index (χ2v) is 3.84. The zero-order valence-corrected chi connectivity index (χ0v) is 10.5. The molecule has 0 radical (unpaired) electrons. The van der Waals surface area contributed by atoms with E-state index in [1.54, 1.807) is 11.3 Å². The number of aliphatic hydroxyl groups excluding tert-OH is 1. The van der Waals surface area contributed by atoms with Crippen LogP contribution < -0.4 is 21.5 Å². The molecule has 13 heavy (non-hydrogen) atoms. The number of nitrogens with zero attached hydrogens (tertiary/aromatic N) is 1. The highest BCUT2D eigenvalue weighted by atomic mass is 79.9. The summed E-state index contributed by atoms with van der Waals surface area (Å²) in [5.41, 5.74) is 3.46. The second kappa shape index (κ2) is 6.51. The smallest absolute Gasteiger partial charge is 0.225 e. The van der Waals surface area contributed by atoms with Crippen molar-refractivity contribution in [2.45, 2.75) is 33.2 Å². The van der Waals surface area contributed by atoms with Crippen LogP contribution in [0, 0.1) is 6.92 Å². The van der Waals surface area contributed by atoms with Crippen LogP contribution in [0.15, 0.2) is 5.51 Å². The maximum absolute atomic E-state index is 8.78. The van der Waals surface area contributed by atoms with E-state index in [-0.39, 0.29) is 23.6 Å². The Kier molecular flexibility index (Phi) is 6.55. The van der Waals surface area contributed by atoms with E-state index in [0.717, 1.165) is 13.0 Å². The predicted octanol–water partition coefficient (Wildman–Crippen LogP) is -1.71. The van der Waals surface area contributed by atoms with Crippen LogP contribution in [0.4, 0.5) is 0 Å². The Hall–Kier alpha value is 0.0700. The van der Waals surface area contributed by atoms with Crippen molar-refractivity contribution in [2.75, 3.05) is 6.61 Å². The first-order valence-electron chi connectivity index (χ1n) is 4.36. The molecule has 0 atom stereocenters. The third kappa shape index (κ3) is 3.37. The number of rotatable bonds is 4. The van der Waals surface area contributed by atoms with Crippen LogP contribution in [0.5, 0.6) is 0 Å². The molecule has 4 heteroatoms. The maximum atomic E-state index is 8.78. The topological polar surface area (TPSA) is 24.1 Å². The first-order chi connectivity index (χ1) is 5.79. The fourth-order valence-electron chi connectivity index (χ4n) is 1.25. The molecule has 0 bridgehead atoms. The Labute approximate surface area is 94.0 Å². The van der Waals surface area contributed by atoms with Gasteiger partial charge in [0.25, 0.3) is 0 Å². The summed E-state index contributed by atoms with van der Waals surface area (Å²) in [7, 11) is 0. The lowest BCUT2D eigenvalue weighted by Gasteiger charge is -1.92. The molecule has 1 aromatic heterocycles. The van der Waals surface area contributed by atoms with Crippen molar-refractivity contribution in [3.05, 3.63) is 16.1 Å². The third-order valence-corrected chi connectivity index (χ3v) is 3.10. The summed E-state index contributed by atoms with van der Waals surface area (Å²) in [6.07, 6.45) is 1.97. The van der Waals surface area contributed by atoms with Gasteiger partial charge in [-0.15, -0.1) is 0 Å². The zero-order valence-electron chi connectivity index (χ0n) is 8.09. The fourth-order valence-corrected chi connectivity index (χ4v) is 2.27. The number of aryl methyl sites for hydroxylation is 1. The first kappa shape index (κ1) is 13.1. The molecule has 0 amide bonds. The van der Waals surface area contributed by atoms with Crippen molar-refractivity contribution in [1.82, 2.24) is 0 Å². The van der Waals surface area contributed by atoms with Gasteiger partial charge in [-0.05, 0) is 0 Å². The van der Waals surface area contributed by atoms with Crippen molar-refractivity contribution < 1.29 is 26.7 Å². The van der Waals surface area contributed by atoms with Crippen LogP contribution in [0.2, 0.25) is 0 Å². The molecule has 0 saturated carbocycles. The van der Waals surface area contributed by atoms with E-state index >= 15 is 0 Å². The van der Waals surface area contributed by atoms with E-state index < -0.39 is 0 Å². The number of aliphatic hydroxyl groups is 1. The van der Waals surface area contributed by atoms with Gasteiger partial charge in [0.2, 0.25) is 5.51 Å². The molecule has 1 N–H and O–H groups in total. The Bertz CT molecular complexity index is 226. The Balaban J connectivity index is 0.00000144. The Morgan fingerprint density at radius 2 is 2.23 bits per heavy atom. The highest BCUT2D eigenvalue weighted by Gasteiger charge is 2.12. The van der Waals surface area contributed by atoms with Crippen LogP contribution in [-0.4, -0.2) is 11.7 Å². The van der Waals surface area contributed by atoms with Crippen molar-refractivity contribution >= 4 is 11.3 Å². The molecule has 2 nitrogen and oxygen atoms in total. The number of halogens is 1. The van der Waals surface area contributed by atoms with Crippen LogP contribution in [0.3, 0.4) is 0 Å². The normalized spacial score (nSPS) is 9.77. The van der Waals surface area contributed by atoms with E-state index in [9.17, 15) is 0 Å². The summed E-state index contributed by atoms with van der Waals surface area (Å²) in [4.78, 5) is 1.31. The largest absolute Gasteiger partial charge is 1.00 e.